The van der Waals surface area contributed by atoms with Crippen LogP contribution in [0.15, 0.2) is 18.2 Å². The van der Waals surface area contributed by atoms with Crippen molar-refractivity contribution in [3.05, 3.63) is 33.8 Å². The highest BCUT2D eigenvalue weighted by atomic mass is 35.5. The lowest BCUT2D eigenvalue weighted by Crippen LogP contribution is -2.23. The molecule has 1 aromatic rings. The summed E-state index contributed by atoms with van der Waals surface area (Å²) in [6.45, 7) is 0. The average Bonchev–Trinajstić information content (AvgIpc) is 2.16. The molecule has 0 aliphatic carbocycles. The Hall–Kier alpha value is -1.26. The topological polar surface area (TPSA) is 66.4 Å². The van der Waals surface area contributed by atoms with Crippen molar-refractivity contribution in [1.82, 2.24) is 5.32 Å². The second-order valence-corrected chi connectivity index (χ2v) is 3.88. The van der Waals surface area contributed by atoms with E-state index in [1.54, 1.807) is 18.2 Å². The van der Waals surface area contributed by atoms with Gasteiger partial charge in [0, 0.05) is 15.6 Å². The molecule has 1 rings (SSSR count). The second kappa shape index (κ2) is 5.72. The van der Waals surface area contributed by atoms with E-state index in [4.69, 9.17) is 28.3 Å². The molecule has 86 valence electrons. The summed E-state index contributed by atoms with van der Waals surface area (Å²) >= 11 is 11.8. The largest absolute Gasteiger partial charge is 0.481 e. The van der Waals surface area contributed by atoms with Crippen LogP contribution in [0.3, 0.4) is 0 Å². The van der Waals surface area contributed by atoms with Gasteiger partial charge in [-0.05, 0) is 12.1 Å². The van der Waals surface area contributed by atoms with Crippen LogP contribution in [0.5, 0.6) is 0 Å². The maximum atomic E-state index is 10.6. The van der Waals surface area contributed by atoms with E-state index in [2.05, 4.69) is 5.32 Å². The normalized spacial score (nSPS) is 11.9. The van der Waals surface area contributed by atoms with Crippen molar-refractivity contribution in [2.75, 3.05) is 0 Å². The first kappa shape index (κ1) is 12.8. The van der Waals surface area contributed by atoms with E-state index in [1.165, 1.54) is 0 Å². The molecule has 0 aromatic heterocycles. The molecule has 1 amide bonds. The molecule has 0 saturated heterocycles. The van der Waals surface area contributed by atoms with Gasteiger partial charge in [0.2, 0.25) is 6.41 Å². The number of carbonyl (C=O) groups excluding carboxylic acids is 1. The van der Waals surface area contributed by atoms with Crippen LogP contribution in [-0.4, -0.2) is 17.5 Å². The molecule has 4 nitrogen and oxygen atoms in total. The van der Waals surface area contributed by atoms with Gasteiger partial charge in [-0.25, -0.2) is 0 Å². The molecule has 1 aromatic carbocycles. The third-order valence-corrected chi connectivity index (χ3v) is 2.66. The molecule has 1 atom stereocenters. The Balaban J connectivity index is 3.09. The van der Waals surface area contributed by atoms with Crippen LogP contribution >= 0.6 is 23.2 Å². The molecule has 0 saturated carbocycles. The third-order valence-electron chi connectivity index (χ3n) is 2.00. The van der Waals surface area contributed by atoms with Crippen molar-refractivity contribution >= 4 is 35.6 Å². The summed E-state index contributed by atoms with van der Waals surface area (Å²) in [7, 11) is 0. The molecule has 0 heterocycles. The van der Waals surface area contributed by atoms with E-state index < -0.39 is 12.0 Å². The maximum absolute atomic E-state index is 10.6. The van der Waals surface area contributed by atoms with Crippen LogP contribution in [0.1, 0.15) is 18.0 Å². The van der Waals surface area contributed by atoms with Gasteiger partial charge in [0.15, 0.2) is 0 Å². The molecule has 0 spiro atoms. The van der Waals surface area contributed by atoms with Crippen LogP contribution in [0.25, 0.3) is 0 Å². The molecule has 2 N–H and O–H groups in total. The minimum atomic E-state index is -1.05. The quantitative estimate of drug-likeness (QED) is 0.800. The van der Waals surface area contributed by atoms with Crippen LogP contribution in [0, 0.1) is 0 Å². The number of rotatable bonds is 5. The van der Waals surface area contributed by atoms with Gasteiger partial charge in [-0.2, -0.15) is 0 Å². The SMILES string of the molecule is O=CN[C@H](CC(=O)O)c1c(Cl)cccc1Cl. The van der Waals surface area contributed by atoms with Gasteiger partial charge in [-0.15, -0.1) is 0 Å². The fraction of sp³-hybridized carbons (Fsp3) is 0.200. The fourth-order valence-electron chi connectivity index (χ4n) is 1.34. The monoisotopic (exact) mass is 261 g/mol. The minimum absolute atomic E-state index is 0.276. The summed E-state index contributed by atoms with van der Waals surface area (Å²) in [6.07, 6.45) is 0.148. The highest BCUT2D eigenvalue weighted by molar-refractivity contribution is 6.36. The Morgan fingerprint density at radius 3 is 2.44 bits per heavy atom. The lowest BCUT2D eigenvalue weighted by atomic mass is 10.0. The molecule has 0 fully saturated rings. The first-order chi connectivity index (χ1) is 7.56. The standard InChI is InChI=1S/C10H9Cl2NO3/c11-6-2-1-3-7(12)10(6)8(13-5-14)4-9(15)16/h1-3,5,8H,4H2,(H,13,14)(H,15,16)/t8-/m1/s1. The highest BCUT2D eigenvalue weighted by Crippen LogP contribution is 2.31. The Morgan fingerprint density at radius 2 is 2.00 bits per heavy atom. The van der Waals surface area contributed by atoms with Crippen molar-refractivity contribution < 1.29 is 14.7 Å². The number of carboxylic acids is 1. The Labute approximate surface area is 102 Å². The molecule has 0 bridgehead atoms. The number of hydrogen-bond acceptors (Lipinski definition) is 2. The van der Waals surface area contributed by atoms with Gasteiger partial charge in [-0.1, -0.05) is 29.3 Å². The number of halogens is 2. The van der Waals surface area contributed by atoms with E-state index in [0.29, 0.717) is 22.0 Å². The second-order valence-electron chi connectivity index (χ2n) is 3.07. The number of nitrogens with one attached hydrogen (secondary N) is 1. The zero-order valence-corrected chi connectivity index (χ0v) is 9.63. The summed E-state index contributed by atoms with van der Waals surface area (Å²) in [5.74, 6) is -1.05. The van der Waals surface area contributed by atoms with Gasteiger partial charge < -0.3 is 10.4 Å². The molecule has 0 unspecified atom stereocenters. The Morgan fingerprint density at radius 1 is 1.44 bits per heavy atom. The molecule has 0 aliphatic heterocycles. The van der Waals surface area contributed by atoms with E-state index >= 15 is 0 Å². The van der Waals surface area contributed by atoms with Gasteiger partial charge >= 0.3 is 5.97 Å². The molecule has 6 heteroatoms. The number of hydrogen-bond donors (Lipinski definition) is 2. The molecule has 0 radical (unpaired) electrons. The number of amides is 1. The van der Waals surface area contributed by atoms with Gasteiger partial charge in [0.05, 0.1) is 12.5 Å². The van der Waals surface area contributed by atoms with Crippen LogP contribution in [0.4, 0.5) is 0 Å². The van der Waals surface area contributed by atoms with Crippen molar-refractivity contribution in [3.63, 3.8) is 0 Å². The van der Waals surface area contributed by atoms with E-state index in [9.17, 15) is 9.59 Å². The molecule has 0 aliphatic rings. The predicted molar refractivity (Wildman–Crippen MR) is 60.7 cm³/mol. The first-order valence-corrected chi connectivity index (χ1v) is 5.17. The lowest BCUT2D eigenvalue weighted by Gasteiger charge is -2.17. The van der Waals surface area contributed by atoms with E-state index in [1.807, 2.05) is 0 Å². The van der Waals surface area contributed by atoms with Crippen LogP contribution in [-0.2, 0) is 9.59 Å². The van der Waals surface area contributed by atoms with E-state index in [-0.39, 0.29) is 6.42 Å². The van der Waals surface area contributed by atoms with E-state index in [0.717, 1.165) is 0 Å². The smallest absolute Gasteiger partial charge is 0.305 e. The summed E-state index contributed by atoms with van der Waals surface area (Å²) in [6, 6.07) is 4.09. The van der Waals surface area contributed by atoms with Crippen molar-refractivity contribution in [3.8, 4) is 0 Å². The number of carbonyl (C=O) groups is 2. The zero-order valence-electron chi connectivity index (χ0n) is 8.11. The fourth-order valence-corrected chi connectivity index (χ4v) is 2.01. The number of aliphatic carboxylic acids is 1. The summed E-state index contributed by atoms with van der Waals surface area (Å²) in [5.41, 5.74) is 0.417. The molecule has 16 heavy (non-hydrogen) atoms. The van der Waals surface area contributed by atoms with Gasteiger partial charge in [-0.3, -0.25) is 9.59 Å². The average molecular weight is 262 g/mol. The van der Waals surface area contributed by atoms with Crippen LogP contribution in [0.2, 0.25) is 10.0 Å². The van der Waals surface area contributed by atoms with Gasteiger partial charge in [0.1, 0.15) is 0 Å². The number of carboxylic acid groups (broad SMARTS) is 1. The van der Waals surface area contributed by atoms with Crippen molar-refractivity contribution in [2.45, 2.75) is 12.5 Å². The van der Waals surface area contributed by atoms with Crippen LogP contribution < -0.4 is 5.32 Å². The minimum Gasteiger partial charge on any atom is -0.481 e. The summed E-state index contributed by atoms with van der Waals surface area (Å²) in [5, 5.41) is 11.7. The Kier molecular flexibility index (Phi) is 4.58. The Bertz CT molecular complexity index is 389. The molecular formula is C10H9Cl2NO3. The first-order valence-electron chi connectivity index (χ1n) is 4.41. The number of benzene rings is 1. The maximum Gasteiger partial charge on any atom is 0.305 e. The van der Waals surface area contributed by atoms with Crippen molar-refractivity contribution in [2.24, 2.45) is 0 Å². The summed E-state index contributed by atoms with van der Waals surface area (Å²) < 4.78 is 0. The van der Waals surface area contributed by atoms with Gasteiger partial charge in [0.25, 0.3) is 0 Å². The lowest BCUT2D eigenvalue weighted by molar-refractivity contribution is -0.137. The highest BCUT2D eigenvalue weighted by Gasteiger charge is 2.20. The van der Waals surface area contributed by atoms with Crippen molar-refractivity contribution in [1.29, 1.82) is 0 Å². The molecular weight excluding hydrogens is 253 g/mol. The predicted octanol–water partition coefficient (Wildman–Crippen LogP) is 2.26. The zero-order chi connectivity index (χ0) is 12.1. The summed E-state index contributed by atoms with van der Waals surface area (Å²) in [4.78, 5) is 21.0. The third kappa shape index (κ3) is 3.12.